The second-order valence-corrected chi connectivity index (χ2v) is 6.43. The molecule has 0 spiro atoms. The molecule has 1 N–H and O–H groups in total. The fourth-order valence-corrected chi connectivity index (χ4v) is 3.46. The maximum Gasteiger partial charge on any atom is 0.0467 e. The van der Waals surface area contributed by atoms with Gasteiger partial charge in [-0.1, -0.05) is 47.4 Å². The first-order valence-electron chi connectivity index (χ1n) is 5.86. The van der Waals surface area contributed by atoms with Crippen molar-refractivity contribution >= 4 is 38.9 Å². The zero-order valence-electron chi connectivity index (χ0n) is 10.2. The Bertz CT molecular complexity index is 634. The number of rotatable bonds is 0. The van der Waals surface area contributed by atoms with Crippen LogP contribution in [0.3, 0.4) is 0 Å². The summed E-state index contributed by atoms with van der Waals surface area (Å²) in [5, 5.41) is 4.27. The molecule has 1 aliphatic rings. The molecule has 92 valence electrons. The van der Waals surface area contributed by atoms with Crippen LogP contribution in [0.1, 0.15) is 25.0 Å². The Kier molecular flexibility index (Phi) is 2.68. The van der Waals surface area contributed by atoms with Gasteiger partial charge in [0.1, 0.15) is 0 Å². The highest BCUT2D eigenvalue weighted by Gasteiger charge is 2.34. The third kappa shape index (κ3) is 1.67. The first kappa shape index (κ1) is 12.1. The van der Waals surface area contributed by atoms with E-state index in [0.717, 1.165) is 26.4 Å². The molecule has 0 fully saturated rings. The monoisotopic (exact) mass is 321 g/mol. The molecule has 0 amide bonds. The molecule has 0 bridgehead atoms. The van der Waals surface area contributed by atoms with Gasteiger partial charge >= 0.3 is 0 Å². The molecule has 0 atom stereocenters. The largest absolute Gasteiger partial charge is 0.355 e. The number of halogens is 2. The highest BCUT2D eigenvalue weighted by atomic mass is 79.9. The summed E-state index contributed by atoms with van der Waals surface area (Å²) in [7, 11) is 0. The van der Waals surface area contributed by atoms with Gasteiger partial charge < -0.3 is 5.32 Å². The van der Waals surface area contributed by atoms with Crippen LogP contribution in [0.15, 0.2) is 40.9 Å². The zero-order chi connectivity index (χ0) is 12.9. The Morgan fingerprint density at radius 3 is 2.67 bits per heavy atom. The summed E-state index contributed by atoms with van der Waals surface area (Å²) in [5.41, 5.74) is 4.58. The first-order valence-corrected chi connectivity index (χ1v) is 7.03. The third-order valence-corrected chi connectivity index (χ3v) is 4.37. The van der Waals surface area contributed by atoms with Gasteiger partial charge in [0, 0.05) is 31.8 Å². The Morgan fingerprint density at radius 1 is 1.11 bits per heavy atom. The summed E-state index contributed by atoms with van der Waals surface area (Å²) in [4.78, 5) is 0. The quantitative estimate of drug-likeness (QED) is 0.676. The van der Waals surface area contributed by atoms with Gasteiger partial charge in [-0.25, -0.2) is 0 Å². The van der Waals surface area contributed by atoms with Crippen LogP contribution in [0.25, 0.3) is 0 Å². The number of anilines is 2. The second kappa shape index (κ2) is 4.01. The molecule has 0 radical (unpaired) electrons. The lowest BCUT2D eigenvalue weighted by Gasteiger charge is -2.36. The van der Waals surface area contributed by atoms with Gasteiger partial charge in [-0.2, -0.15) is 0 Å². The van der Waals surface area contributed by atoms with Crippen molar-refractivity contribution in [2.24, 2.45) is 0 Å². The van der Waals surface area contributed by atoms with E-state index in [9.17, 15) is 0 Å². The minimum atomic E-state index is -0.0992. The van der Waals surface area contributed by atoms with Crippen LogP contribution in [0.2, 0.25) is 5.02 Å². The molecular formula is C15H13BrClN. The number of benzene rings is 2. The van der Waals surface area contributed by atoms with Gasteiger partial charge in [-0.05, 0) is 35.9 Å². The van der Waals surface area contributed by atoms with Crippen LogP contribution in [-0.2, 0) is 5.41 Å². The lowest BCUT2D eigenvalue weighted by Crippen LogP contribution is -2.26. The molecule has 2 aromatic rings. The van der Waals surface area contributed by atoms with Crippen LogP contribution < -0.4 is 5.32 Å². The Labute approximate surface area is 120 Å². The lowest BCUT2D eigenvalue weighted by atomic mass is 9.74. The molecule has 1 heterocycles. The lowest BCUT2D eigenvalue weighted by molar-refractivity contribution is 0.638. The van der Waals surface area contributed by atoms with E-state index in [-0.39, 0.29) is 5.41 Å². The number of hydrogen-bond acceptors (Lipinski definition) is 1. The van der Waals surface area contributed by atoms with Gasteiger partial charge in [-0.3, -0.25) is 0 Å². The SMILES string of the molecule is CC1(C)c2cc(Br)ccc2Nc2cccc(Cl)c21. The summed E-state index contributed by atoms with van der Waals surface area (Å²) in [5.74, 6) is 0. The smallest absolute Gasteiger partial charge is 0.0467 e. The summed E-state index contributed by atoms with van der Waals surface area (Å²) in [6, 6.07) is 12.3. The maximum atomic E-state index is 6.38. The zero-order valence-corrected chi connectivity index (χ0v) is 12.6. The van der Waals surface area contributed by atoms with E-state index in [0.29, 0.717) is 0 Å². The van der Waals surface area contributed by atoms with E-state index in [1.54, 1.807) is 0 Å². The van der Waals surface area contributed by atoms with Crippen molar-refractivity contribution in [3.8, 4) is 0 Å². The topological polar surface area (TPSA) is 12.0 Å². The van der Waals surface area contributed by atoms with Crippen LogP contribution in [0.4, 0.5) is 11.4 Å². The molecule has 0 aliphatic carbocycles. The predicted octanol–water partition coefficient (Wildman–Crippen LogP) is 5.49. The van der Waals surface area contributed by atoms with E-state index in [2.05, 4.69) is 59.4 Å². The summed E-state index contributed by atoms with van der Waals surface area (Å²) < 4.78 is 1.09. The normalized spacial score (nSPS) is 15.6. The number of hydrogen-bond donors (Lipinski definition) is 1. The Balaban J connectivity index is 2.31. The highest BCUT2D eigenvalue weighted by Crippen LogP contribution is 2.48. The molecule has 18 heavy (non-hydrogen) atoms. The van der Waals surface area contributed by atoms with E-state index >= 15 is 0 Å². The van der Waals surface area contributed by atoms with Gasteiger partial charge in [0.05, 0.1) is 0 Å². The molecule has 2 aromatic carbocycles. The van der Waals surface area contributed by atoms with E-state index in [1.807, 2.05) is 12.1 Å². The van der Waals surface area contributed by atoms with Gasteiger partial charge in [0.25, 0.3) is 0 Å². The summed E-state index contributed by atoms with van der Waals surface area (Å²) >= 11 is 9.92. The van der Waals surface area contributed by atoms with Crippen LogP contribution in [-0.4, -0.2) is 0 Å². The fourth-order valence-electron chi connectivity index (χ4n) is 2.69. The Morgan fingerprint density at radius 2 is 1.89 bits per heavy atom. The fraction of sp³-hybridized carbons (Fsp3) is 0.200. The van der Waals surface area contributed by atoms with Crippen LogP contribution in [0, 0.1) is 0 Å². The number of fused-ring (bicyclic) bond motifs is 2. The third-order valence-electron chi connectivity index (χ3n) is 3.56. The predicted molar refractivity (Wildman–Crippen MR) is 81.0 cm³/mol. The molecule has 0 unspecified atom stereocenters. The van der Waals surface area contributed by atoms with Crippen LogP contribution >= 0.6 is 27.5 Å². The maximum absolute atomic E-state index is 6.38. The van der Waals surface area contributed by atoms with Gasteiger partial charge in [0.2, 0.25) is 0 Å². The first-order chi connectivity index (χ1) is 8.50. The van der Waals surface area contributed by atoms with Crippen molar-refractivity contribution in [3.63, 3.8) is 0 Å². The van der Waals surface area contributed by atoms with Crippen molar-refractivity contribution in [3.05, 3.63) is 57.0 Å². The van der Waals surface area contributed by atoms with E-state index in [1.165, 1.54) is 5.56 Å². The van der Waals surface area contributed by atoms with Crippen molar-refractivity contribution in [2.75, 3.05) is 5.32 Å². The van der Waals surface area contributed by atoms with Crippen molar-refractivity contribution < 1.29 is 0 Å². The Hall–Kier alpha value is -0.990. The standard InChI is InChI=1S/C15H13BrClN/c1-15(2)10-8-9(16)6-7-12(10)18-13-5-3-4-11(17)14(13)15/h3-8,18H,1-2H3. The molecule has 3 heteroatoms. The van der Waals surface area contributed by atoms with Crippen molar-refractivity contribution in [1.29, 1.82) is 0 Å². The number of nitrogens with one attached hydrogen (secondary N) is 1. The second-order valence-electron chi connectivity index (χ2n) is 5.10. The molecule has 0 saturated heterocycles. The van der Waals surface area contributed by atoms with Gasteiger partial charge in [0.15, 0.2) is 0 Å². The minimum absolute atomic E-state index is 0.0992. The molecule has 3 rings (SSSR count). The molecule has 1 aliphatic heterocycles. The van der Waals surface area contributed by atoms with E-state index in [4.69, 9.17) is 11.6 Å². The molecular weight excluding hydrogens is 310 g/mol. The van der Waals surface area contributed by atoms with Crippen molar-refractivity contribution in [1.82, 2.24) is 0 Å². The van der Waals surface area contributed by atoms with Crippen molar-refractivity contribution in [2.45, 2.75) is 19.3 Å². The van der Waals surface area contributed by atoms with Crippen LogP contribution in [0.5, 0.6) is 0 Å². The van der Waals surface area contributed by atoms with E-state index < -0.39 is 0 Å². The van der Waals surface area contributed by atoms with Gasteiger partial charge in [-0.15, -0.1) is 0 Å². The molecule has 1 nitrogen and oxygen atoms in total. The average Bonchev–Trinajstić information content (AvgIpc) is 2.30. The minimum Gasteiger partial charge on any atom is -0.355 e. The summed E-state index contributed by atoms with van der Waals surface area (Å²) in [6.45, 7) is 4.42. The molecule has 0 saturated carbocycles. The summed E-state index contributed by atoms with van der Waals surface area (Å²) in [6.07, 6.45) is 0. The highest BCUT2D eigenvalue weighted by molar-refractivity contribution is 9.10. The average molecular weight is 323 g/mol. The molecule has 0 aromatic heterocycles.